The standard InChI is InChI=1S/C12H15BrN2/c1-10-6-5-7-11(12(10)13)15-9-4-2-3-8-14/h5-7,15H,2-4,9H2,1H3. The average Bonchev–Trinajstić information content (AvgIpc) is 2.24. The highest BCUT2D eigenvalue weighted by atomic mass is 79.9. The van der Waals surface area contributed by atoms with Gasteiger partial charge in [-0.15, -0.1) is 0 Å². The minimum Gasteiger partial charge on any atom is -0.384 e. The molecule has 3 heteroatoms. The number of halogens is 1. The highest BCUT2D eigenvalue weighted by Crippen LogP contribution is 2.25. The Hall–Kier alpha value is -1.01. The van der Waals surface area contributed by atoms with E-state index in [1.165, 1.54) is 5.56 Å². The quantitative estimate of drug-likeness (QED) is 0.822. The molecule has 1 aromatic carbocycles. The number of nitrogens with zero attached hydrogens (tertiary/aromatic N) is 1. The maximum absolute atomic E-state index is 8.39. The van der Waals surface area contributed by atoms with Gasteiger partial charge in [-0.2, -0.15) is 5.26 Å². The topological polar surface area (TPSA) is 35.8 Å². The van der Waals surface area contributed by atoms with Gasteiger partial charge in [0.1, 0.15) is 0 Å². The van der Waals surface area contributed by atoms with Crippen LogP contribution in [0.1, 0.15) is 24.8 Å². The van der Waals surface area contributed by atoms with E-state index in [1.807, 2.05) is 6.07 Å². The summed E-state index contributed by atoms with van der Waals surface area (Å²) in [5, 5.41) is 11.7. The molecule has 1 aromatic rings. The van der Waals surface area contributed by atoms with Crippen molar-refractivity contribution in [3.8, 4) is 6.07 Å². The van der Waals surface area contributed by atoms with Crippen LogP contribution in [0, 0.1) is 18.3 Å². The zero-order valence-electron chi connectivity index (χ0n) is 8.89. The zero-order valence-corrected chi connectivity index (χ0v) is 10.5. The Morgan fingerprint density at radius 1 is 1.40 bits per heavy atom. The molecule has 1 N–H and O–H groups in total. The molecule has 0 aromatic heterocycles. The van der Waals surface area contributed by atoms with Gasteiger partial charge in [0.15, 0.2) is 0 Å². The third-order valence-electron chi connectivity index (χ3n) is 2.22. The van der Waals surface area contributed by atoms with E-state index < -0.39 is 0 Å². The van der Waals surface area contributed by atoms with Gasteiger partial charge < -0.3 is 5.32 Å². The number of benzene rings is 1. The molecule has 0 aliphatic carbocycles. The van der Waals surface area contributed by atoms with E-state index in [-0.39, 0.29) is 0 Å². The van der Waals surface area contributed by atoms with E-state index in [0.717, 1.165) is 29.5 Å². The molecule has 0 aliphatic heterocycles. The summed E-state index contributed by atoms with van der Waals surface area (Å²) in [7, 11) is 0. The van der Waals surface area contributed by atoms with Crippen molar-refractivity contribution in [3.63, 3.8) is 0 Å². The number of anilines is 1. The van der Waals surface area contributed by atoms with Gasteiger partial charge in [0, 0.05) is 23.1 Å². The molecular formula is C12H15BrN2. The minimum absolute atomic E-state index is 0.649. The molecule has 0 heterocycles. The van der Waals surface area contributed by atoms with Crippen LogP contribution in [0.25, 0.3) is 0 Å². The second-order valence-electron chi connectivity index (χ2n) is 3.48. The molecule has 80 valence electrons. The number of hydrogen-bond acceptors (Lipinski definition) is 2. The lowest BCUT2D eigenvalue weighted by molar-refractivity contribution is 0.784. The highest BCUT2D eigenvalue weighted by molar-refractivity contribution is 9.10. The maximum atomic E-state index is 8.39. The van der Waals surface area contributed by atoms with E-state index >= 15 is 0 Å². The first-order chi connectivity index (χ1) is 7.25. The summed E-state index contributed by atoms with van der Waals surface area (Å²) in [6, 6.07) is 8.32. The number of aryl methyl sites for hydroxylation is 1. The van der Waals surface area contributed by atoms with Gasteiger partial charge in [0.2, 0.25) is 0 Å². The van der Waals surface area contributed by atoms with Crippen LogP contribution in [0.15, 0.2) is 22.7 Å². The fourth-order valence-electron chi connectivity index (χ4n) is 1.34. The highest BCUT2D eigenvalue weighted by Gasteiger charge is 2.00. The van der Waals surface area contributed by atoms with E-state index in [2.05, 4.69) is 46.4 Å². The predicted molar refractivity (Wildman–Crippen MR) is 66.8 cm³/mol. The lowest BCUT2D eigenvalue weighted by Crippen LogP contribution is -2.02. The van der Waals surface area contributed by atoms with Crippen LogP contribution >= 0.6 is 15.9 Å². The van der Waals surface area contributed by atoms with Crippen LogP contribution < -0.4 is 5.32 Å². The Labute approximate surface area is 99.4 Å². The van der Waals surface area contributed by atoms with Crippen LogP contribution in [0.2, 0.25) is 0 Å². The second-order valence-corrected chi connectivity index (χ2v) is 4.27. The molecule has 1 rings (SSSR count). The second kappa shape index (κ2) is 6.47. The van der Waals surface area contributed by atoms with Crippen LogP contribution in [-0.4, -0.2) is 6.54 Å². The summed E-state index contributed by atoms with van der Waals surface area (Å²) < 4.78 is 1.13. The first kappa shape index (κ1) is 12.1. The smallest absolute Gasteiger partial charge is 0.0621 e. The zero-order chi connectivity index (χ0) is 11.1. The van der Waals surface area contributed by atoms with Crippen molar-refractivity contribution in [2.24, 2.45) is 0 Å². The van der Waals surface area contributed by atoms with E-state index in [0.29, 0.717) is 6.42 Å². The van der Waals surface area contributed by atoms with Crippen LogP contribution in [0.3, 0.4) is 0 Å². The molecule has 0 saturated carbocycles. The third kappa shape index (κ3) is 3.93. The van der Waals surface area contributed by atoms with Crippen molar-refractivity contribution in [2.75, 3.05) is 11.9 Å². The first-order valence-corrected chi connectivity index (χ1v) is 5.91. The number of nitrogens with one attached hydrogen (secondary N) is 1. The number of rotatable bonds is 5. The minimum atomic E-state index is 0.649. The molecule has 0 unspecified atom stereocenters. The molecule has 0 saturated heterocycles. The molecule has 2 nitrogen and oxygen atoms in total. The van der Waals surface area contributed by atoms with Gasteiger partial charge in [-0.1, -0.05) is 12.1 Å². The average molecular weight is 267 g/mol. The number of nitriles is 1. The van der Waals surface area contributed by atoms with Crippen LogP contribution in [-0.2, 0) is 0 Å². The predicted octanol–water partition coefficient (Wildman–Crippen LogP) is 3.86. The van der Waals surface area contributed by atoms with Crippen molar-refractivity contribution in [2.45, 2.75) is 26.2 Å². The molecular weight excluding hydrogens is 252 g/mol. The lowest BCUT2D eigenvalue weighted by atomic mass is 10.2. The Kier molecular flexibility index (Phi) is 5.20. The van der Waals surface area contributed by atoms with Crippen molar-refractivity contribution in [1.82, 2.24) is 0 Å². The van der Waals surface area contributed by atoms with E-state index in [4.69, 9.17) is 5.26 Å². The fourth-order valence-corrected chi connectivity index (χ4v) is 1.74. The fraction of sp³-hybridized carbons (Fsp3) is 0.417. The van der Waals surface area contributed by atoms with Crippen molar-refractivity contribution in [1.29, 1.82) is 5.26 Å². The SMILES string of the molecule is Cc1cccc(NCCCCC#N)c1Br. The molecule has 0 bridgehead atoms. The molecule has 0 amide bonds. The summed E-state index contributed by atoms with van der Waals surface area (Å²) in [5.74, 6) is 0. The molecule has 0 aliphatic rings. The van der Waals surface area contributed by atoms with Crippen LogP contribution in [0.5, 0.6) is 0 Å². The van der Waals surface area contributed by atoms with Crippen molar-refractivity contribution < 1.29 is 0 Å². The molecule has 0 fully saturated rings. The maximum Gasteiger partial charge on any atom is 0.0621 e. The van der Waals surface area contributed by atoms with Crippen molar-refractivity contribution >= 4 is 21.6 Å². The number of hydrogen-bond donors (Lipinski definition) is 1. The van der Waals surface area contributed by atoms with E-state index in [1.54, 1.807) is 0 Å². The summed E-state index contributed by atoms with van der Waals surface area (Å²) in [5.41, 5.74) is 2.36. The summed E-state index contributed by atoms with van der Waals surface area (Å²) in [4.78, 5) is 0. The van der Waals surface area contributed by atoms with Gasteiger partial charge in [-0.25, -0.2) is 0 Å². The Morgan fingerprint density at radius 2 is 2.20 bits per heavy atom. The Morgan fingerprint density at radius 3 is 2.93 bits per heavy atom. The molecule has 0 radical (unpaired) electrons. The lowest BCUT2D eigenvalue weighted by Gasteiger charge is -2.09. The van der Waals surface area contributed by atoms with Gasteiger partial charge in [-0.05, 0) is 47.3 Å². The normalized spacial score (nSPS) is 9.67. The van der Waals surface area contributed by atoms with Gasteiger partial charge in [0.05, 0.1) is 6.07 Å². The van der Waals surface area contributed by atoms with Crippen molar-refractivity contribution in [3.05, 3.63) is 28.2 Å². The third-order valence-corrected chi connectivity index (χ3v) is 3.28. The monoisotopic (exact) mass is 266 g/mol. The van der Waals surface area contributed by atoms with E-state index in [9.17, 15) is 0 Å². The summed E-state index contributed by atoms with van der Waals surface area (Å²) in [6.07, 6.45) is 2.65. The van der Waals surface area contributed by atoms with Gasteiger partial charge >= 0.3 is 0 Å². The van der Waals surface area contributed by atoms with Gasteiger partial charge in [-0.3, -0.25) is 0 Å². The van der Waals surface area contributed by atoms with Gasteiger partial charge in [0.25, 0.3) is 0 Å². The summed E-state index contributed by atoms with van der Waals surface area (Å²) in [6.45, 7) is 2.99. The first-order valence-electron chi connectivity index (χ1n) is 5.11. The molecule has 0 spiro atoms. The molecule has 0 atom stereocenters. The van der Waals surface area contributed by atoms with Crippen LogP contribution in [0.4, 0.5) is 5.69 Å². The number of unbranched alkanes of at least 4 members (excludes halogenated alkanes) is 2. The largest absolute Gasteiger partial charge is 0.384 e. The Bertz CT molecular complexity index is 355. The Balaban J connectivity index is 2.38. The molecule has 15 heavy (non-hydrogen) atoms. The summed E-state index contributed by atoms with van der Waals surface area (Å²) >= 11 is 3.55.